The van der Waals surface area contributed by atoms with Crippen LogP contribution in [0.3, 0.4) is 0 Å². The molecule has 6 nitrogen and oxygen atoms in total. The van der Waals surface area contributed by atoms with E-state index in [1.807, 2.05) is 6.07 Å². The van der Waals surface area contributed by atoms with Crippen molar-refractivity contribution in [2.75, 3.05) is 31.5 Å². The number of carbonyl (C=O) groups excluding carboxylic acids is 2. The molecule has 3 rings (SSSR count). The molecule has 1 aliphatic carbocycles. The van der Waals surface area contributed by atoms with Crippen LogP contribution < -0.4 is 10.6 Å². The summed E-state index contributed by atoms with van der Waals surface area (Å²) in [4.78, 5) is 26.6. The summed E-state index contributed by atoms with van der Waals surface area (Å²) in [6, 6.07) is 7.13. The predicted molar refractivity (Wildman–Crippen MR) is 101 cm³/mol. The molecule has 1 aromatic carbocycles. The van der Waals surface area contributed by atoms with Crippen molar-refractivity contribution in [1.82, 2.24) is 10.2 Å². The largest absolute Gasteiger partial charge is 0.373 e. The molecular weight excluding hydrogens is 330 g/mol. The van der Waals surface area contributed by atoms with Gasteiger partial charge < -0.3 is 15.4 Å². The monoisotopic (exact) mass is 359 g/mol. The number of nitrogens with one attached hydrogen (secondary N) is 2. The van der Waals surface area contributed by atoms with E-state index in [0.29, 0.717) is 17.8 Å². The highest BCUT2D eigenvalue weighted by atomic mass is 16.5. The Bertz CT molecular complexity index is 635. The van der Waals surface area contributed by atoms with E-state index in [9.17, 15) is 9.59 Å². The lowest BCUT2D eigenvalue weighted by Crippen LogP contribution is -2.46. The third-order valence-electron chi connectivity index (χ3n) is 4.77. The van der Waals surface area contributed by atoms with Gasteiger partial charge in [-0.1, -0.05) is 6.07 Å². The lowest BCUT2D eigenvalue weighted by Gasteiger charge is -2.35. The van der Waals surface area contributed by atoms with Gasteiger partial charge in [0.05, 0.1) is 12.2 Å². The smallest absolute Gasteiger partial charge is 0.251 e. The van der Waals surface area contributed by atoms with Gasteiger partial charge in [0.2, 0.25) is 5.91 Å². The molecule has 1 aromatic rings. The number of morpholine rings is 1. The first-order valence-corrected chi connectivity index (χ1v) is 9.58. The van der Waals surface area contributed by atoms with Gasteiger partial charge in [0.25, 0.3) is 5.91 Å². The molecule has 26 heavy (non-hydrogen) atoms. The Kier molecular flexibility index (Phi) is 6.27. The van der Waals surface area contributed by atoms with Crippen LogP contribution >= 0.6 is 0 Å². The average Bonchev–Trinajstić information content (AvgIpc) is 3.43. The Hall–Kier alpha value is -1.92. The highest BCUT2D eigenvalue weighted by molar-refractivity contribution is 5.98. The topological polar surface area (TPSA) is 70.7 Å². The number of hydrogen-bond donors (Lipinski definition) is 2. The molecule has 2 N–H and O–H groups in total. The van der Waals surface area contributed by atoms with Crippen LogP contribution in [-0.4, -0.2) is 55.1 Å². The van der Waals surface area contributed by atoms with Crippen LogP contribution in [0.2, 0.25) is 0 Å². The summed E-state index contributed by atoms with van der Waals surface area (Å²) < 4.78 is 5.73. The van der Waals surface area contributed by atoms with Crippen molar-refractivity contribution in [2.24, 2.45) is 5.92 Å². The van der Waals surface area contributed by atoms with Crippen molar-refractivity contribution in [1.29, 1.82) is 0 Å². The zero-order valence-electron chi connectivity index (χ0n) is 15.7. The number of carbonyl (C=O) groups is 2. The van der Waals surface area contributed by atoms with Crippen LogP contribution in [0.4, 0.5) is 5.69 Å². The fourth-order valence-corrected chi connectivity index (χ4v) is 3.40. The maximum atomic E-state index is 12.3. The highest BCUT2D eigenvalue weighted by Crippen LogP contribution is 2.30. The van der Waals surface area contributed by atoms with E-state index in [1.165, 1.54) is 0 Å². The van der Waals surface area contributed by atoms with Gasteiger partial charge in [0.1, 0.15) is 0 Å². The van der Waals surface area contributed by atoms with E-state index in [4.69, 9.17) is 4.74 Å². The van der Waals surface area contributed by atoms with Crippen LogP contribution in [0.5, 0.6) is 0 Å². The third-order valence-corrected chi connectivity index (χ3v) is 4.77. The van der Waals surface area contributed by atoms with Gasteiger partial charge in [0, 0.05) is 43.3 Å². The van der Waals surface area contributed by atoms with E-state index in [2.05, 4.69) is 29.4 Å². The van der Waals surface area contributed by atoms with E-state index in [1.54, 1.807) is 18.2 Å². The molecule has 1 saturated carbocycles. The van der Waals surface area contributed by atoms with E-state index in [-0.39, 0.29) is 29.9 Å². The first-order valence-electron chi connectivity index (χ1n) is 9.58. The molecule has 2 fully saturated rings. The van der Waals surface area contributed by atoms with Crippen molar-refractivity contribution >= 4 is 17.5 Å². The van der Waals surface area contributed by atoms with Crippen LogP contribution in [-0.2, 0) is 9.53 Å². The van der Waals surface area contributed by atoms with Crippen LogP contribution in [0.15, 0.2) is 24.3 Å². The molecule has 1 heterocycles. The van der Waals surface area contributed by atoms with Crippen molar-refractivity contribution in [3.8, 4) is 0 Å². The van der Waals surface area contributed by atoms with Gasteiger partial charge >= 0.3 is 0 Å². The summed E-state index contributed by atoms with van der Waals surface area (Å²) in [6.45, 7) is 7.67. The van der Waals surface area contributed by atoms with Gasteiger partial charge in [-0.25, -0.2) is 0 Å². The maximum absolute atomic E-state index is 12.3. The molecule has 0 bridgehead atoms. The minimum Gasteiger partial charge on any atom is -0.373 e. The van der Waals surface area contributed by atoms with Crippen molar-refractivity contribution in [3.63, 3.8) is 0 Å². The normalized spacial score (nSPS) is 23.5. The van der Waals surface area contributed by atoms with Crippen LogP contribution in [0.1, 0.15) is 43.5 Å². The highest BCUT2D eigenvalue weighted by Gasteiger charge is 2.29. The zero-order chi connectivity index (χ0) is 18.5. The molecule has 0 spiro atoms. The van der Waals surface area contributed by atoms with E-state index >= 15 is 0 Å². The minimum absolute atomic E-state index is 0.0523. The summed E-state index contributed by atoms with van der Waals surface area (Å²) in [6.07, 6.45) is 3.37. The summed E-state index contributed by atoms with van der Waals surface area (Å²) in [5.41, 5.74) is 1.26. The second-order valence-corrected chi connectivity index (χ2v) is 7.47. The number of rotatable bonds is 7. The molecule has 2 unspecified atom stereocenters. The van der Waals surface area contributed by atoms with Gasteiger partial charge in [0.15, 0.2) is 0 Å². The van der Waals surface area contributed by atoms with Gasteiger partial charge in [-0.3, -0.25) is 14.5 Å². The molecule has 6 heteroatoms. The number of anilines is 1. The summed E-state index contributed by atoms with van der Waals surface area (Å²) >= 11 is 0. The van der Waals surface area contributed by atoms with Crippen LogP contribution in [0.25, 0.3) is 0 Å². The first kappa shape index (κ1) is 18.9. The molecule has 2 aliphatic rings. The second kappa shape index (κ2) is 8.64. The van der Waals surface area contributed by atoms with Crippen molar-refractivity contribution < 1.29 is 14.3 Å². The number of amides is 2. The Balaban J connectivity index is 1.41. The lowest BCUT2D eigenvalue weighted by molar-refractivity contribution is -0.117. The fourth-order valence-electron chi connectivity index (χ4n) is 3.40. The number of benzene rings is 1. The molecule has 1 aliphatic heterocycles. The van der Waals surface area contributed by atoms with E-state index in [0.717, 1.165) is 38.9 Å². The zero-order valence-corrected chi connectivity index (χ0v) is 15.7. The predicted octanol–water partition coefficient (Wildman–Crippen LogP) is 2.26. The SMILES string of the molecule is CC1CN(CCCNC(=O)c2cccc(NC(=O)C3CC3)c2)CC(C)O1. The average molecular weight is 359 g/mol. The number of nitrogens with zero attached hydrogens (tertiary/aromatic N) is 1. The molecule has 142 valence electrons. The second-order valence-electron chi connectivity index (χ2n) is 7.47. The van der Waals surface area contributed by atoms with E-state index < -0.39 is 0 Å². The Morgan fingerprint density at radius 3 is 2.62 bits per heavy atom. The quantitative estimate of drug-likeness (QED) is 0.733. The summed E-state index contributed by atoms with van der Waals surface area (Å²) in [7, 11) is 0. The molecule has 2 amide bonds. The fraction of sp³-hybridized carbons (Fsp3) is 0.600. The van der Waals surface area contributed by atoms with Crippen molar-refractivity contribution in [2.45, 2.75) is 45.3 Å². The molecule has 1 saturated heterocycles. The number of ether oxygens (including phenoxy) is 1. The van der Waals surface area contributed by atoms with Gasteiger partial charge in [-0.2, -0.15) is 0 Å². The molecule has 2 atom stereocenters. The van der Waals surface area contributed by atoms with Crippen molar-refractivity contribution in [3.05, 3.63) is 29.8 Å². The standard InChI is InChI=1S/C20H29N3O3/c1-14-12-23(13-15(2)26-14)10-4-9-21-19(24)17-5-3-6-18(11-17)22-20(25)16-7-8-16/h3,5-6,11,14-16H,4,7-10,12-13H2,1-2H3,(H,21,24)(H,22,25). The number of hydrogen-bond acceptors (Lipinski definition) is 4. The maximum Gasteiger partial charge on any atom is 0.251 e. The molecule has 0 aromatic heterocycles. The van der Waals surface area contributed by atoms with Crippen LogP contribution in [0, 0.1) is 5.92 Å². The third kappa shape index (κ3) is 5.54. The molecule has 0 radical (unpaired) electrons. The van der Waals surface area contributed by atoms with Gasteiger partial charge in [-0.15, -0.1) is 0 Å². The Morgan fingerprint density at radius 1 is 1.19 bits per heavy atom. The Morgan fingerprint density at radius 2 is 1.92 bits per heavy atom. The van der Waals surface area contributed by atoms with Gasteiger partial charge in [-0.05, 0) is 51.3 Å². The minimum atomic E-state index is -0.101. The first-order chi connectivity index (χ1) is 12.5. The lowest BCUT2D eigenvalue weighted by atomic mass is 10.1. The summed E-state index contributed by atoms with van der Waals surface area (Å²) in [5.74, 6) is 0.103. The Labute approximate surface area is 155 Å². The molecular formula is C20H29N3O3. The summed E-state index contributed by atoms with van der Waals surface area (Å²) in [5, 5.41) is 5.85.